The molecule has 1 radical (unpaired) electrons. The number of nitrogens with zero attached hydrogens (tertiary/aromatic N) is 5. The van der Waals surface area contributed by atoms with Crippen LogP contribution < -0.4 is 5.32 Å². The molecule has 0 fully saturated rings. The highest BCUT2D eigenvalue weighted by molar-refractivity contribution is 5.23. The molecule has 13 heavy (non-hydrogen) atoms. The average Bonchev–Trinajstić information content (AvgIpc) is 2.62. The lowest BCUT2D eigenvalue weighted by molar-refractivity contribution is 0.267. The second-order valence-corrected chi connectivity index (χ2v) is 1.86. The Labute approximate surface area is 70.0 Å². The molecule has 0 aliphatic heterocycles. The van der Waals surface area contributed by atoms with Gasteiger partial charge in [-0.25, -0.2) is 0 Å². The molecule has 2 heterocycles. The molecule has 0 saturated heterocycles. The summed E-state index contributed by atoms with van der Waals surface area (Å²) in [6, 6.07) is -0.238. The number of hydrogen-bond acceptors (Lipinski definition) is 8. The van der Waals surface area contributed by atoms with E-state index < -0.39 is 12.2 Å². The van der Waals surface area contributed by atoms with E-state index in [1.54, 1.807) is 0 Å². The van der Waals surface area contributed by atoms with Crippen LogP contribution in [-0.2, 0) is 0 Å². The van der Waals surface area contributed by atoms with Crippen LogP contribution in [0.2, 0.25) is 0 Å². The fourth-order valence-corrected chi connectivity index (χ4v) is 0.592. The zero-order valence-electron chi connectivity index (χ0n) is 5.95. The van der Waals surface area contributed by atoms with Crippen molar-refractivity contribution < 1.29 is 19.2 Å². The summed E-state index contributed by atoms with van der Waals surface area (Å²) >= 11 is 0. The van der Waals surface area contributed by atoms with Crippen molar-refractivity contribution in [3.05, 3.63) is 0 Å². The SMILES string of the molecule is Oc1nc([N]c2nnc(O)o2)no1. The summed E-state index contributed by atoms with van der Waals surface area (Å²) in [6.07, 6.45) is -1.24. The maximum Gasteiger partial charge on any atom is 0.416 e. The van der Waals surface area contributed by atoms with E-state index in [2.05, 4.69) is 34.6 Å². The third kappa shape index (κ3) is 1.47. The summed E-state index contributed by atoms with van der Waals surface area (Å²) in [5.41, 5.74) is 0. The van der Waals surface area contributed by atoms with Gasteiger partial charge in [-0.05, 0) is 5.16 Å². The van der Waals surface area contributed by atoms with E-state index in [4.69, 9.17) is 10.2 Å². The van der Waals surface area contributed by atoms with Crippen molar-refractivity contribution in [3.63, 3.8) is 0 Å². The van der Waals surface area contributed by atoms with Crippen molar-refractivity contribution in [1.29, 1.82) is 0 Å². The topological polar surface area (TPSA) is 132 Å². The normalized spacial score (nSPS) is 10.2. The first-order valence-electron chi connectivity index (χ1n) is 3.01. The van der Waals surface area contributed by atoms with Gasteiger partial charge in [0.25, 0.3) is 5.95 Å². The zero-order valence-corrected chi connectivity index (χ0v) is 5.95. The smallest absolute Gasteiger partial charge is 0.416 e. The fraction of sp³-hybridized carbons (Fsp3) is 0. The molecule has 0 aliphatic carbocycles. The number of hydrogen-bond donors (Lipinski definition) is 2. The monoisotopic (exact) mass is 184 g/mol. The molecule has 2 N–H and O–H groups in total. The summed E-state index contributed by atoms with van der Waals surface area (Å²) in [4.78, 5) is 3.32. The predicted molar refractivity (Wildman–Crippen MR) is 33.4 cm³/mol. The minimum atomic E-state index is -0.623. The molecule has 0 aliphatic rings. The quantitative estimate of drug-likeness (QED) is 0.633. The number of aromatic nitrogens is 4. The maximum absolute atomic E-state index is 8.62. The molecule has 2 rings (SSSR count). The van der Waals surface area contributed by atoms with E-state index in [9.17, 15) is 0 Å². The van der Waals surface area contributed by atoms with Crippen molar-refractivity contribution in [2.75, 3.05) is 0 Å². The van der Waals surface area contributed by atoms with Crippen LogP contribution in [0.15, 0.2) is 8.94 Å². The molecular formula is C4H2N5O4. The van der Waals surface area contributed by atoms with Gasteiger partial charge in [-0.3, -0.25) is 4.52 Å². The predicted octanol–water partition coefficient (Wildman–Crippen LogP) is -0.569. The molecule has 9 nitrogen and oxygen atoms in total. The molecule has 0 atom stereocenters. The van der Waals surface area contributed by atoms with E-state index in [1.807, 2.05) is 0 Å². The summed E-state index contributed by atoms with van der Waals surface area (Å²) in [6.45, 7) is 0. The minimum Gasteiger partial charge on any atom is -0.465 e. The second-order valence-electron chi connectivity index (χ2n) is 1.86. The van der Waals surface area contributed by atoms with E-state index in [0.29, 0.717) is 0 Å². The minimum absolute atomic E-state index is 0.179. The van der Waals surface area contributed by atoms with Crippen LogP contribution in [0.5, 0.6) is 12.2 Å². The van der Waals surface area contributed by atoms with Gasteiger partial charge in [-0.2, -0.15) is 5.32 Å². The van der Waals surface area contributed by atoms with Gasteiger partial charge in [0, 0.05) is 0 Å². The van der Waals surface area contributed by atoms with Gasteiger partial charge >= 0.3 is 18.2 Å². The van der Waals surface area contributed by atoms with Crippen LogP contribution in [0.3, 0.4) is 0 Å². The first kappa shape index (κ1) is 7.34. The van der Waals surface area contributed by atoms with E-state index in [-0.39, 0.29) is 12.0 Å². The first-order valence-corrected chi connectivity index (χ1v) is 3.01. The Balaban J connectivity index is 2.14. The van der Waals surface area contributed by atoms with Gasteiger partial charge < -0.3 is 14.6 Å². The van der Waals surface area contributed by atoms with Crippen molar-refractivity contribution >= 4 is 12.0 Å². The van der Waals surface area contributed by atoms with E-state index >= 15 is 0 Å². The molecule has 0 bridgehead atoms. The number of aromatic hydroxyl groups is 2. The second kappa shape index (κ2) is 2.62. The molecule has 0 spiro atoms. The highest BCUT2D eigenvalue weighted by Gasteiger charge is 2.11. The van der Waals surface area contributed by atoms with Crippen molar-refractivity contribution in [1.82, 2.24) is 25.7 Å². The highest BCUT2D eigenvalue weighted by Crippen LogP contribution is 2.16. The highest BCUT2D eigenvalue weighted by atomic mass is 16.6. The molecule has 0 amide bonds. The zero-order chi connectivity index (χ0) is 9.26. The summed E-state index contributed by atoms with van der Waals surface area (Å²) < 4.78 is 8.65. The van der Waals surface area contributed by atoms with Gasteiger partial charge in [0.15, 0.2) is 0 Å². The van der Waals surface area contributed by atoms with Crippen molar-refractivity contribution in [2.24, 2.45) is 0 Å². The standard InChI is InChI=1S/C4H2N5O4/c10-3-6-1(9-13-3)5-2-7-8-4(11)12-2/h(H,8,11)(H,6,9,10). The molecule has 2 aromatic rings. The van der Waals surface area contributed by atoms with Crippen molar-refractivity contribution in [3.8, 4) is 12.2 Å². The van der Waals surface area contributed by atoms with Crippen LogP contribution in [0.25, 0.3) is 0 Å². The van der Waals surface area contributed by atoms with Crippen LogP contribution >= 0.6 is 0 Å². The molecule has 0 aromatic carbocycles. The fourth-order valence-electron chi connectivity index (χ4n) is 0.592. The molecule has 2 aromatic heterocycles. The maximum atomic E-state index is 8.62. The first-order chi connectivity index (χ1) is 6.24. The van der Waals surface area contributed by atoms with Crippen LogP contribution in [0.4, 0.5) is 12.0 Å². The molecule has 9 heteroatoms. The third-order valence-corrected chi connectivity index (χ3v) is 1.00. The van der Waals surface area contributed by atoms with Gasteiger partial charge in [0.05, 0.1) is 0 Å². The Morgan fingerprint density at radius 2 is 2.00 bits per heavy atom. The van der Waals surface area contributed by atoms with Gasteiger partial charge in [-0.15, -0.1) is 4.98 Å². The Morgan fingerprint density at radius 1 is 1.15 bits per heavy atom. The van der Waals surface area contributed by atoms with Gasteiger partial charge in [0.2, 0.25) is 0 Å². The average molecular weight is 184 g/mol. The van der Waals surface area contributed by atoms with Crippen molar-refractivity contribution in [2.45, 2.75) is 0 Å². The van der Waals surface area contributed by atoms with E-state index in [0.717, 1.165) is 0 Å². The number of rotatable bonds is 2. The van der Waals surface area contributed by atoms with Gasteiger partial charge in [0.1, 0.15) is 0 Å². The van der Waals surface area contributed by atoms with Crippen LogP contribution in [0.1, 0.15) is 0 Å². The molecule has 0 saturated carbocycles. The lowest BCUT2D eigenvalue weighted by Gasteiger charge is -1.84. The summed E-state index contributed by atoms with van der Waals surface area (Å²) in [5, 5.41) is 30.4. The third-order valence-electron chi connectivity index (χ3n) is 1.00. The van der Waals surface area contributed by atoms with Crippen LogP contribution in [-0.4, -0.2) is 30.6 Å². The molecule has 0 unspecified atom stereocenters. The Hall–Kier alpha value is -2.32. The summed E-state index contributed by atoms with van der Waals surface area (Å²) in [7, 11) is 0. The molecule has 67 valence electrons. The lowest BCUT2D eigenvalue weighted by atomic mass is 10.9. The van der Waals surface area contributed by atoms with Crippen LogP contribution in [0, 0.1) is 0 Å². The Bertz CT molecular complexity index is 370. The Morgan fingerprint density at radius 3 is 2.54 bits per heavy atom. The largest absolute Gasteiger partial charge is 0.465 e. The summed E-state index contributed by atoms with van der Waals surface area (Å²) in [5.74, 6) is -0.179. The van der Waals surface area contributed by atoms with Gasteiger partial charge in [-0.1, -0.05) is 10.2 Å². The molecular weight excluding hydrogens is 182 g/mol. The van der Waals surface area contributed by atoms with E-state index in [1.165, 1.54) is 0 Å². The Kier molecular flexibility index (Phi) is 1.48. The lowest BCUT2D eigenvalue weighted by Crippen LogP contribution is -1.90.